The quantitative estimate of drug-likeness (QED) is 0.777. The van der Waals surface area contributed by atoms with Crippen molar-refractivity contribution in [1.82, 2.24) is 5.32 Å². The molecule has 0 bridgehead atoms. The molecule has 0 aliphatic heterocycles. The molecule has 21 heavy (non-hydrogen) atoms. The van der Waals surface area contributed by atoms with Crippen molar-refractivity contribution in [3.8, 4) is 0 Å². The van der Waals surface area contributed by atoms with Crippen molar-refractivity contribution in [1.29, 1.82) is 0 Å². The minimum atomic E-state index is 0.463. The van der Waals surface area contributed by atoms with Gasteiger partial charge in [-0.05, 0) is 49.5 Å². The summed E-state index contributed by atoms with van der Waals surface area (Å²) in [5.74, 6) is 1.24. The summed E-state index contributed by atoms with van der Waals surface area (Å²) in [6.45, 7) is 6.89. The van der Waals surface area contributed by atoms with Gasteiger partial charge in [0.1, 0.15) is 0 Å². The van der Waals surface area contributed by atoms with Crippen LogP contribution in [0.2, 0.25) is 0 Å². The van der Waals surface area contributed by atoms with E-state index in [1.807, 2.05) is 11.3 Å². The molecule has 1 saturated carbocycles. The topological polar surface area (TPSA) is 12.0 Å². The Balaban J connectivity index is 1.77. The maximum Gasteiger partial charge on any atom is 0.0391 e. The number of aryl methyl sites for hydroxylation is 1. The van der Waals surface area contributed by atoms with Gasteiger partial charge in [0.2, 0.25) is 0 Å². The Kier molecular flexibility index (Phi) is 4.92. The van der Waals surface area contributed by atoms with Crippen LogP contribution in [0, 0.1) is 6.92 Å². The molecule has 1 aromatic heterocycles. The predicted octanol–water partition coefficient (Wildman–Crippen LogP) is 5.53. The molecule has 1 heterocycles. The van der Waals surface area contributed by atoms with Gasteiger partial charge in [-0.15, -0.1) is 11.3 Å². The van der Waals surface area contributed by atoms with Gasteiger partial charge in [-0.2, -0.15) is 11.8 Å². The first kappa shape index (κ1) is 15.4. The molecule has 3 unspecified atom stereocenters. The lowest BCUT2D eigenvalue weighted by Gasteiger charge is -2.24. The fourth-order valence-corrected chi connectivity index (χ4v) is 5.96. The lowest BCUT2D eigenvalue weighted by Crippen LogP contribution is -2.36. The zero-order valence-electron chi connectivity index (χ0n) is 13.2. The molecule has 3 rings (SSSR count). The third-order valence-electron chi connectivity index (χ3n) is 4.57. The Labute approximate surface area is 136 Å². The van der Waals surface area contributed by atoms with E-state index in [0.717, 1.165) is 5.25 Å². The van der Waals surface area contributed by atoms with E-state index in [1.165, 1.54) is 45.5 Å². The lowest BCUT2D eigenvalue weighted by atomic mass is 10.1. The highest BCUT2D eigenvalue weighted by Gasteiger charge is 2.29. The van der Waals surface area contributed by atoms with E-state index < -0.39 is 0 Å². The van der Waals surface area contributed by atoms with E-state index in [4.69, 9.17) is 0 Å². The average molecular weight is 320 g/mol. The summed E-state index contributed by atoms with van der Waals surface area (Å²) in [6.07, 6.45) is 4.10. The Morgan fingerprint density at radius 2 is 2.14 bits per heavy atom. The van der Waals surface area contributed by atoms with Gasteiger partial charge in [0, 0.05) is 26.9 Å². The third-order valence-corrected chi connectivity index (χ3v) is 7.35. The average Bonchev–Trinajstić information content (AvgIpc) is 3.05. The van der Waals surface area contributed by atoms with Gasteiger partial charge in [-0.1, -0.05) is 31.5 Å². The van der Waals surface area contributed by atoms with Gasteiger partial charge in [0.15, 0.2) is 0 Å². The highest BCUT2D eigenvalue weighted by Crippen LogP contribution is 2.36. The number of thiophene rings is 1. The van der Waals surface area contributed by atoms with E-state index >= 15 is 0 Å². The fraction of sp³-hybridized carbons (Fsp3) is 0.556. The smallest absolute Gasteiger partial charge is 0.0391 e. The van der Waals surface area contributed by atoms with Crippen LogP contribution in [0.4, 0.5) is 0 Å². The number of nitrogens with one attached hydrogen (secondary N) is 1. The molecule has 1 aliphatic rings. The minimum Gasteiger partial charge on any atom is -0.306 e. The SMILES string of the molecule is CCSC1CCCC1NC(C)c1sc2ccccc2c1C. The van der Waals surface area contributed by atoms with Crippen LogP contribution < -0.4 is 5.32 Å². The summed E-state index contributed by atoms with van der Waals surface area (Å²) in [5.41, 5.74) is 1.47. The Morgan fingerprint density at radius 3 is 2.90 bits per heavy atom. The van der Waals surface area contributed by atoms with Gasteiger partial charge in [-0.3, -0.25) is 0 Å². The summed E-state index contributed by atoms with van der Waals surface area (Å²) in [5, 5.41) is 6.16. The maximum atomic E-state index is 3.92. The lowest BCUT2D eigenvalue weighted by molar-refractivity contribution is 0.471. The highest BCUT2D eigenvalue weighted by atomic mass is 32.2. The molecule has 2 aromatic rings. The van der Waals surface area contributed by atoms with Gasteiger partial charge in [0.25, 0.3) is 0 Å². The molecule has 1 nitrogen and oxygen atoms in total. The molecule has 1 fully saturated rings. The van der Waals surface area contributed by atoms with Crippen LogP contribution in [-0.4, -0.2) is 17.0 Å². The summed E-state index contributed by atoms with van der Waals surface area (Å²) < 4.78 is 1.42. The van der Waals surface area contributed by atoms with Crippen molar-refractivity contribution in [3.05, 3.63) is 34.7 Å². The van der Waals surface area contributed by atoms with Crippen molar-refractivity contribution in [2.24, 2.45) is 0 Å². The molecule has 0 amide bonds. The van der Waals surface area contributed by atoms with E-state index in [-0.39, 0.29) is 0 Å². The zero-order chi connectivity index (χ0) is 14.8. The Morgan fingerprint density at radius 1 is 1.33 bits per heavy atom. The van der Waals surface area contributed by atoms with Gasteiger partial charge in [0.05, 0.1) is 0 Å². The van der Waals surface area contributed by atoms with Crippen LogP contribution in [0.5, 0.6) is 0 Å². The van der Waals surface area contributed by atoms with Crippen molar-refractivity contribution < 1.29 is 0 Å². The molecule has 3 atom stereocenters. The molecular formula is C18H25NS2. The molecule has 3 heteroatoms. The summed E-state index contributed by atoms with van der Waals surface area (Å²) in [7, 11) is 0. The van der Waals surface area contributed by atoms with Crippen molar-refractivity contribution in [2.45, 2.75) is 57.4 Å². The van der Waals surface area contributed by atoms with E-state index in [1.54, 1.807) is 0 Å². The van der Waals surface area contributed by atoms with Gasteiger partial charge < -0.3 is 5.32 Å². The fourth-order valence-electron chi connectivity index (χ4n) is 3.53. The second-order valence-electron chi connectivity index (χ2n) is 6.01. The van der Waals surface area contributed by atoms with Crippen LogP contribution in [0.15, 0.2) is 24.3 Å². The monoisotopic (exact) mass is 319 g/mol. The van der Waals surface area contributed by atoms with Crippen molar-refractivity contribution in [2.75, 3.05) is 5.75 Å². The Bertz CT molecular complexity index is 604. The number of hydrogen-bond acceptors (Lipinski definition) is 3. The predicted molar refractivity (Wildman–Crippen MR) is 97.7 cm³/mol. The normalized spacial score (nSPS) is 23.8. The van der Waals surface area contributed by atoms with Crippen molar-refractivity contribution >= 4 is 33.2 Å². The largest absolute Gasteiger partial charge is 0.306 e. The number of benzene rings is 1. The molecule has 0 saturated heterocycles. The first-order chi connectivity index (χ1) is 10.2. The molecule has 1 aliphatic carbocycles. The maximum absolute atomic E-state index is 3.92. The van der Waals surface area contributed by atoms with Crippen LogP contribution in [-0.2, 0) is 0 Å². The molecular weight excluding hydrogens is 294 g/mol. The van der Waals surface area contributed by atoms with Crippen LogP contribution in [0.1, 0.15) is 49.6 Å². The van der Waals surface area contributed by atoms with Crippen molar-refractivity contribution in [3.63, 3.8) is 0 Å². The molecule has 114 valence electrons. The third kappa shape index (κ3) is 3.15. The number of rotatable bonds is 5. The van der Waals surface area contributed by atoms with E-state index in [0.29, 0.717) is 12.1 Å². The van der Waals surface area contributed by atoms with E-state index in [2.05, 4.69) is 62.1 Å². The number of thioether (sulfide) groups is 1. The summed E-state index contributed by atoms with van der Waals surface area (Å²) in [4.78, 5) is 1.52. The number of fused-ring (bicyclic) bond motifs is 1. The highest BCUT2D eigenvalue weighted by molar-refractivity contribution is 7.99. The summed E-state index contributed by atoms with van der Waals surface area (Å²) >= 11 is 4.09. The molecule has 1 N–H and O–H groups in total. The van der Waals surface area contributed by atoms with Crippen LogP contribution in [0.25, 0.3) is 10.1 Å². The second kappa shape index (κ2) is 6.72. The minimum absolute atomic E-state index is 0.463. The molecule has 0 radical (unpaired) electrons. The first-order valence-electron chi connectivity index (χ1n) is 8.06. The van der Waals surface area contributed by atoms with Crippen LogP contribution in [0.3, 0.4) is 0 Å². The summed E-state index contributed by atoms with van der Waals surface area (Å²) in [6, 6.07) is 9.94. The Hall–Kier alpha value is -0.510. The molecule has 1 aromatic carbocycles. The van der Waals surface area contributed by atoms with Gasteiger partial charge >= 0.3 is 0 Å². The zero-order valence-corrected chi connectivity index (χ0v) is 14.8. The first-order valence-corrected chi connectivity index (χ1v) is 9.93. The number of hydrogen-bond donors (Lipinski definition) is 1. The standard InChI is InChI=1S/C18H25NS2/c1-4-20-17-11-7-9-15(17)19-13(3)18-12(2)14-8-5-6-10-16(14)21-18/h5-6,8,10,13,15,17,19H,4,7,9,11H2,1-3H3. The molecule has 0 spiro atoms. The second-order valence-corrected chi connectivity index (χ2v) is 8.61. The van der Waals surface area contributed by atoms with E-state index in [9.17, 15) is 0 Å². The van der Waals surface area contributed by atoms with Gasteiger partial charge in [-0.25, -0.2) is 0 Å². The van der Waals surface area contributed by atoms with Crippen LogP contribution >= 0.6 is 23.1 Å².